The lowest BCUT2D eigenvalue weighted by molar-refractivity contribution is 0.0823. The molecule has 0 unspecified atom stereocenters. The van der Waals surface area contributed by atoms with Crippen molar-refractivity contribution in [3.63, 3.8) is 0 Å². The number of amides is 1. The van der Waals surface area contributed by atoms with Gasteiger partial charge in [-0.15, -0.1) is 11.3 Å². The van der Waals surface area contributed by atoms with E-state index in [1.807, 2.05) is 25.3 Å². The highest BCUT2D eigenvalue weighted by atomic mass is 32.1. The molecule has 0 atom stereocenters. The normalized spacial score (nSPS) is 9.83. The second kappa shape index (κ2) is 7.04. The Labute approximate surface area is 111 Å². The maximum absolute atomic E-state index is 11.6. The average molecular weight is 267 g/mol. The fraction of sp³-hybridized carbons (Fsp3) is 0.462. The molecule has 1 amide bonds. The van der Waals surface area contributed by atoms with Crippen LogP contribution in [-0.4, -0.2) is 35.9 Å². The van der Waals surface area contributed by atoms with Crippen molar-refractivity contribution in [1.29, 1.82) is 0 Å². The lowest BCUT2D eigenvalue weighted by Gasteiger charge is -2.17. The summed E-state index contributed by atoms with van der Waals surface area (Å²) in [6.45, 7) is 3.98. The van der Waals surface area contributed by atoms with Crippen LogP contribution in [0.2, 0.25) is 0 Å². The second-order valence-corrected chi connectivity index (χ2v) is 4.98. The van der Waals surface area contributed by atoms with Gasteiger partial charge < -0.3 is 14.7 Å². The molecule has 18 heavy (non-hydrogen) atoms. The van der Waals surface area contributed by atoms with E-state index in [1.165, 1.54) is 16.2 Å². The minimum Gasteiger partial charge on any atom is -0.447 e. The van der Waals surface area contributed by atoms with Gasteiger partial charge in [0, 0.05) is 13.6 Å². The van der Waals surface area contributed by atoms with Crippen molar-refractivity contribution in [1.82, 2.24) is 4.90 Å². The zero-order valence-corrected chi connectivity index (χ0v) is 11.6. The molecule has 0 saturated carbocycles. The van der Waals surface area contributed by atoms with E-state index < -0.39 is 0 Å². The number of ether oxygens (including phenoxy) is 1. The van der Waals surface area contributed by atoms with Crippen LogP contribution in [0.15, 0.2) is 11.4 Å². The Morgan fingerprint density at radius 1 is 1.61 bits per heavy atom. The van der Waals surface area contributed by atoms with Gasteiger partial charge in [-0.25, -0.2) is 4.79 Å². The molecule has 0 bridgehead atoms. The van der Waals surface area contributed by atoms with Gasteiger partial charge in [-0.3, -0.25) is 0 Å². The van der Waals surface area contributed by atoms with Crippen LogP contribution in [0.5, 0.6) is 0 Å². The molecule has 98 valence electrons. The number of nitrogens with zero attached hydrogens (tertiary/aromatic N) is 1. The van der Waals surface area contributed by atoms with Gasteiger partial charge in [-0.2, -0.15) is 0 Å². The maximum Gasteiger partial charge on any atom is 0.410 e. The summed E-state index contributed by atoms with van der Waals surface area (Å²) in [5.41, 5.74) is 1.01. The van der Waals surface area contributed by atoms with Crippen molar-refractivity contribution in [3.8, 4) is 11.8 Å². The van der Waals surface area contributed by atoms with Crippen molar-refractivity contribution >= 4 is 17.4 Å². The predicted molar refractivity (Wildman–Crippen MR) is 71.4 cm³/mol. The predicted octanol–water partition coefficient (Wildman–Crippen LogP) is 2.07. The number of thiophene rings is 1. The monoisotopic (exact) mass is 267 g/mol. The third-order valence-electron chi connectivity index (χ3n) is 2.01. The summed E-state index contributed by atoms with van der Waals surface area (Å²) >= 11 is 1.49. The Morgan fingerprint density at radius 3 is 2.94 bits per heavy atom. The molecule has 0 saturated heterocycles. The van der Waals surface area contributed by atoms with Crippen LogP contribution in [0.1, 0.15) is 24.3 Å². The van der Waals surface area contributed by atoms with Gasteiger partial charge in [0.15, 0.2) is 0 Å². The number of hydrogen-bond acceptors (Lipinski definition) is 4. The Balaban J connectivity index is 2.56. The smallest absolute Gasteiger partial charge is 0.410 e. The summed E-state index contributed by atoms with van der Waals surface area (Å²) in [5.74, 6) is 5.42. The molecule has 1 N–H and O–H groups in total. The standard InChI is InChI=1S/C13H17NO3S/c1-10(2)17-13(16)14(3)8-11-7-12(18-9-11)5-4-6-15/h7,9-10,15H,6,8H2,1-3H3. The Morgan fingerprint density at radius 2 is 2.33 bits per heavy atom. The van der Waals surface area contributed by atoms with Crippen molar-refractivity contribution in [3.05, 3.63) is 21.9 Å². The van der Waals surface area contributed by atoms with Crippen molar-refractivity contribution < 1.29 is 14.6 Å². The summed E-state index contributed by atoms with van der Waals surface area (Å²) in [6.07, 6.45) is -0.451. The summed E-state index contributed by atoms with van der Waals surface area (Å²) in [6, 6.07) is 1.91. The Kier molecular flexibility index (Phi) is 5.69. The van der Waals surface area contributed by atoms with Crippen LogP contribution in [0.3, 0.4) is 0 Å². The number of carbonyl (C=O) groups excluding carboxylic acids is 1. The first kappa shape index (κ1) is 14.6. The van der Waals surface area contributed by atoms with Crippen LogP contribution in [0.4, 0.5) is 4.79 Å². The third kappa shape index (κ3) is 4.78. The van der Waals surface area contributed by atoms with Crippen molar-refractivity contribution in [2.45, 2.75) is 26.5 Å². The first-order valence-electron chi connectivity index (χ1n) is 5.61. The molecular formula is C13H17NO3S. The molecular weight excluding hydrogens is 250 g/mol. The molecule has 0 aliphatic rings. The van der Waals surface area contributed by atoms with Gasteiger partial charge in [-0.05, 0) is 30.9 Å². The van der Waals surface area contributed by atoms with E-state index in [4.69, 9.17) is 9.84 Å². The first-order valence-corrected chi connectivity index (χ1v) is 6.49. The highest BCUT2D eigenvalue weighted by molar-refractivity contribution is 7.10. The van der Waals surface area contributed by atoms with Gasteiger partial charge in [0.05, 0.1) is 11.0 Å². The SMILES string of the molecule is CC(C)OC(=O)N(C)Cc1csc(C#CCO)c1. The summed E-state index contributed by atoms with van der Waals surface area (Å²) in [5, 5.41) is 10.5. The lowest BCUT2D eigenvalue weighted by atomic mass is 10.3. The van der Waals surface area contributed by atoms with Crippen LogP contribution < -0.4 is 0 Å². The van der Waals surface area contributed by atoms with E-state index in [1.54, 1.807) is 7.05 Å². The van der Waals surface area contributed by atoms with Crippen LogP contribution >= 0.6 is 11.3 Å². The molecule has 0 aliphatic carbocycles. The average Bonchev–Trinajstić information content (AvgIpc) is 2.73. The van der Waals surface area contributed by atoms with Gasteiger partial charge >= 0.3 is 6.09 Å². The topological polar surface area (TPSA) is 49.8 Å². The molecule has 0 radical (unpaired) electrons. The maximum atomic E-state index is 11.6. The van der Waals surface area contributed by atoms with Gasteiger partial charge in [0.2, 0.25) is 0 Å². The summed E-state index contributed by atoms with van der Waals surface area (Å²) < 4.78 is 5.09. The summed E-state index contributed by atoms with van der Waals surface area (Å²) in [7, 11) is 1.70. The molecule has 4 nitrogen and oxygen atoms in total. The third-order valence-corrected chi connectivity index (χ3v) is 2.91. The summed E-state index contributed by atoms with van der Waals surface area (Å²) in [4.78, 5) is 14.0. The molecule has 0 aromatic carbocycles. The minimum absolute atomic E-state index is 0.117. The van der Waals surface area contributed by atoms with Gasteiger partial charge in [0.25, 0.3) is 0 Å². The minimum atomic E-state index is -0.334. The van der Waals surface area contributed by atoms with E-state index in [9.17, 15) is 4.79 Å². The van der Waals surface area contributed by atoms with E-state index in [-0.39, 0.29) is 18.8 Å². The highest BCUT2D eigenvalue weighted by Gasteiger charge is 2.12. The van der Waals surface area contributed by atoms with Crippen LogP contribution in [0.25, 0.3) is 0 Å². The number of aliphatic hydroxyl groups is 1. The fourth-order valence-electron chi connectivity index (χ4n) is 1.28. The molecule has 0 aliphatic heterocycles. The van der Waals surface area contributed by atoms with Crippen molar-refractivity contribution in [2.75, 3.05) is 13.7 Å². The largest absolute Gasteiger partial charge is 0.447 e. The second-order valence-electron chi connectivity index (χ2n) is 4.07. The molecule has 5 heteroatoms. The number of rotatable bonds is 3. The van der Waals surface area contributed by atoms with Crippen LogP contribution in [0, 0.1) is 11.8 Å². The van der Waals surface area contributed by atoms with Gasteiger partial charge in [0.1, 0.15) is 6.61 Å². The Bertz CT molecular complexity index is 456. The van der Waals surface area contributed by atoms with E-state index in [2.05, 4.69) is 11.8 Å². The highest BCUT2D eigenvalue weighted by Crippen LogP contribution is 2.15. The first-order chi connectivity index (χ1) is 8.52. The Hall–Kier alpha value is -1.51. The zero-order valence-electron chi connectivity index (χ0n) is 10.8. The molecule has 1 aromatic heterocycles. The van der Waals surface area contributed by atoms with E-state index >= 15 is 0 Å². The lowest BCUT2D eigenvalue weighted by Crippen LogP contribution is -2.28. The van der Waals surface area contributed by atoms with Gasteiger partial charge in [-0.1, -0.05) is 11.8 Å². The van der Waals surface area contributed by atoms with Crippen molar-refractivity contribution in [2.24, 2.45) is 0 Å². The molecule has 1 aromatic rings. The number of aliphatic hydroxyl groups excluding tert-OH is 1. The number of carbonyl (C=O) groups is 1. The van der Waals surface area contributed by atoms with E-state index in [0.717, 1.165) is 10.4 Å². The zero-order chi connectivity index (χ0) is 13.5. The molecule has 0 spiro atoms. The quantitative estimate of drug-likeness (QED) is 0.853. The molecule has 1 rings (SSSR count). The van der Waals surface area contributed by atoms with E-state index in [0.29, 0.717) is 6.54 Å². The molecule has 1 heterocycles. The molecule has 0 fully saturated rings. The van der Waals surface area contributed by atoms with Crippen LogP contribution in [-0.2, 0) is 11.3 Å². The number of hydrogen-bond donors (Lipinski definition) is 1. The fourth-order valence-corrected chi connectivity index (χ4v) is 2.05.